The van der Waals surface area contributed by atoms with E-state index in [-0.39, 0.29) is 11.8 Å². The summed E-state index contributed by atoms with van der Waals surface area (Å²) in [5.41, 5.74) is 6.57. The van der Waals surface area contributed by atoms with Gasteiger partial charge in [-0.2, -0.15) is 0 Å². The van der Waals surface area contributed by atoms with Crippen molar-refractivity contribution < 1.29 is 4.79 Å². The Hall–Kier alpha value is -1.62. The maximum atomic E-state index is 12.0. The topological polar surface area (TPSA) is 71.2 Å². The molecule has 3 N–H and O–H groups in total. The Morgan fingerprint density at radius 1 is 1.63 bits per heavy atom. The lowest BCUT2D eigenvalue weighted by atomic mass is 9.97. The van der Waals surface area contributed by atoms with Gasteiger partial charge in [-0.15, -0.1) is 0 Å². The quantitative estimate of drug-likeness (QED) is 0.837. The van der Waals surface area contributed by atoms with Crippen molar-refractivity contribution in [2.75, 3.05) is 31.1 Å². The largest absolute Gasteiger partial charge is 0.356 e. The summed E-state index contributed by atoms with van der Waals surface area (Å²) in [6.07, 6.45) is 3.77. The van der Waals surface area contributed by atoms with Crippen LogP contribution in [0.4, 0.5) is 5.82 Å². The highest BCUT2D eigenvalue weighted by atomic mass is 16.1. The van der Waals surface area contributed by atoms with E-state index in [0.717, 1.165) is 37.3 Å². The van der Waals surface area contributed by atoms with Crippen LogP contribution in [0.5, 0.6) is 0 Å². The number of piperidine rings is 1. The number of aryl methyl sites for hydroxylation is 1. The van der Waals surface area contributed by atoms with Crippen molar-refractivity contribution in [1.82, 2.24) is 10.3 Å². The summed E-state index contributed by atoms with van der Waals surface area (Å²) in [5, 5.41) is 2.88. The van der Waals surface area contributed by atoms with Crippen LogP contribution < -0.4 is 16.0 Å². The summed E-state index contributed by atoms with van der Waals surface area (Å²) >= 11 is 0. The molecule has 1 fully saturated rings. The number of carbonyl (C=O) groups is 1. The first kappa shape index (κ1) is 13.8. The molecule has 5 nitrogen and oxygen atoms in total. The zero-order chi connectivity index (χ0) is 13.7. The number of amides is 1. The van der Waals surface area contributed by atoms with Gasteiger partial charge in [0.15, 0.2) is 0 Å². The molecule has 2 rings (SSSR count). The first-order chi connectivity index (χ1) is 9.22. The molecular formula is C14H22N4O. The average Bonchev–Trinajstić information content (AvgIpc) is 2.45. The number of nitrogens with two attached hydrogens (primary N) is 1. The third-order valence-corrected chi connectivity index (χ3v) is 3.52. The molecule has 0 aromatic carbocycles. The number of nitrogens with zero attached hydrogens (tertiary/aromatic N) is 2. The van der Waals surface area contributed by atoms with Gasteiger partial charge in [0.25, 0.3) is 0 Å². The van der Waals surface area contributed by atoms with E-state index in [0.29, 0.717) is 13.1 Å². The molecule has 0 bridgehead atoms. The van der Waals surface area contributed by atoms with Crippen LogP contribution in [-0.2, 0) is 4.79 Å². The lowest BCUT2D eigenvalue weighted by Gasteiger charge is -2.33. The Balaban J connectivity index is 2.01. The molecule has 104 valence electrons. The first-order valence-electron chi connectivity index (χ1n) is 6.86. The molecule has 19 heavy (non-hydrogen) atoms. The van der Waals surface area contributed by atoms with E-state index in [1.165, 1.54) is 0 Å². The third kappa shape index (κ3) is 3.44. The molecule has 0 spiro atoms. The van der Waals surface area contributed by atoms with Crippen LogP contribution in [0.3, 0.4) is 0 Å². The fraction of sp³-hybridized carbons (Fsp3) is 0.571. The predicted molar refractivity (Wildman–Crippen MR) is 76.0 cm³/mol. The van der Waals surface area contributed by atoms with Crippen molar-refractivity contribution in [1.29, 1.82) is 0 Å². The highest BCUT2D eigenvalue weighted by Gasteiger charge is 2.26. The molecule has 1 unspecified atom stereocenters. The number of anilines is 1. The van der Waals surface area contributed by atoms with Crippen molar-refractivity contribution in [3.8, 4) is 0 Å². The lowest BCUT2D eigenvalue weighted by Crippen LogP contribution is -2.44. The maximum Gasteiger partial charge on any atom is 0.224 e. The second-order valence-electron chi connectivity index (χ2n) is 5.01. The Morgan fingerprint density at radius 2 is 2.47 bits per heavy atom. The summed E-state index contributed by atoms with van der Waals surface area (Å²) < 4.78 is 0. The van der Waals surface area contributed by atoms with Crippen molar-refractivity contribution in [2.45, 2.75) is 19.8 Å². The van der Waals surface area contributed by atoms with Crippen LogP contribution in [0.15, 0.2) is 18.3 Å². The molecular weight excluding hydrogens is 240 g/mol. The first-order valence-corrected chi connectivity index (χ1v) is 6.86. The van der Waals surface area contributed by atoms with Gasteiger partial charge in [-0.1, -0.05) is 6.07 Å². The van der Waals surface area contributed by atoms with E-state index < -0.39 is 0 Å². The lowest BCUT2D eigenvalue weighted by molar-refractivity contribution is -0.125. The molecule has 1 aliphatic heterocycles. The van der Waals surface area contributed by atoms with Crippen LogP contribution >= 0.6 is 0 Å². The molecule has 5 heteroatoms. The van der Waals surface area contributed by atoms with Crippen LogP contribution in [0, 0.1) is 12.8 Å². The number of aromatic nitrogens is 1. The smallest absolute Gasteiger partial charge is 0.224 e. The summed E-state index contributed by atoms with van der Waals surface area (Å²) in [6.45, 7) is 4.81. The Morgan fingerprint density at radius 3 is 3.21 bits per heavy atom. The van der Waals surface area contributed by atoms with E-state index in [9.17, 15) is 4.79 Å². The van der Waals surface area contributed by atoms with Gasteiger partial charge < -0.3 is 16.0 Å². The number of hydrogen-bond donors (Lipinski definition) is 2. The van der Waals surface area contributed by atoms with Crippen LogP contribution in [0.1, 0.15) is 18.4 Å². The Bertz CT molecular complexity index is 435. The van der Waals surface area contributed by atoms with Crippen LogP contribution in [0.2, 0.25) is 0 Å². The summed E-state index contributed by atoms with van der Waals surface area (Å²) in [5.74, 6) is 1.16. The molecule has 1 atom stereocenters. The second kappa shape index (κ2) is 6.52. The van der Waals surface area contributed by atoms with Crippen molar-refractivity contribution >= 4 is 11.7 Å². The SMILES string of the molecule is Cc1cccnc1N1CCCC(C(=O)NCCN)C1. The van der Waals surface area contributed by atoms with Crippen molar-refractivity contribution in [2.24, 2.45) is 11.7 Å². The van der Waals surface area contributed by atoms with Gasteiger partial charge in [-0.25, -0.2) is 4.98 Å². The van der Waals surface area contributed by atoms with Gasteiger partial charge in [0.05, 0.1) is 5.92 Å². The number of carbonyl (C=O) groups excluding carboxylic acids is 1. The fourth-order valence-corrected chi connectivity index (χ4v) is 2.53. The van der Waals surface area contributed by atoms with E-state index in [1.54, 1.807) is 6.20 Å². The van der Waals surface area contributed by atoms with Gasteiger partial charge in [0.1, 0.15) is 5.82 Å². The zero-order valence-electron chi connectivity index (χ0n) is 11.4. The zero-order valence-corrected chi connectivity index (χ0v) is 11.4. The van der Waals surface area contributed by atoms with Crippen molar-refractivity contribution in [3.63, 3.8) is 0 Å². The molecule has 0 saturated carbocycles. The molecule has 2 heterocycles. The van der Waals surface area contributed by atoms with Crippen molar-refractivity contribution in [3.05, 3.63) is 23.9 Å². The highest BCUT2D eigenvalue weighted by Crippen LogP contribution is 2.23. The number of nitrogens with one attached hydrogen (secondary N) is 1. The summed E-state index contributed by atoms with van der Waals surface area (Å²) in [6, 6.07) is 3.99. The standard InChI is InChI=1S/C14H22N4O/c1-11-4-2-7-16-13(11)18-9-3-5-12(10-18)14(19)17-8-6-15/h2,4,7,12H,3,5-6,8-10,15H2,1H3,(H,17,19). The average molecular weight is 262 g/mol. The molecule has 1 aromatic rings. The summed E-state index contributed by atoms with van der Waals surface area (Å²) in [7, 11) is 0. The summed E-state index contributed by atoms with van der Waals surface area (Å²) in [4.78, 5) is 18.7. The van der Waals surface area contributed by atoms with Gasteiger partial charge in [0.2, 0.25) is 5.91 Å². The van der Waals surface area contributed by atoms with Gasteiger partial charge in [0, 0.05) is 32.4 Å². The van der Waals surface area contributed by atoms with E-state index in [2.05, 4.69) is 28.2 Å². The normalized spacial score (nSPS) is 19.3. The fourth-order valence-electron chi connectivity index (χ4n) is 2.53. The number of pyridine rings is 1. The minimum Gasteiger partial charge on any atom is -0.356 e. The van der Waals surface area contributed by atoms with Gasteiger partial charge >= 0.3 is 0 Å². The Kier molecular flexibility index (Phi) is 4.74. The molecule has 0 radical (unpaired) electrons. The van der Waals surface area contributed by atoms with Crippen LogP contribution in [0.25, 0.3) is 0 Å². The molecule has 0 aliphatic carbocycles. The van der Waals surface area contributed by atoms with Gasteiger partial charge in [-0.3, -0.25) is 4.79 Å². The third-order valence-electron chi connectivity index (χ3n) is 3.52. The second-order valence-corrected chi connectivity index (χ2v) is 5.01. The van der Waals surface area contributed by atoms with Gasteiger partial charge in [-0.05, 0) is 31.4 Å². The van der Waals surface area contributed by atoms with E-state index >= 15 is 0 Å². The van der Waals surface area contributed by atoms with Crippen LogP contribution in [-0.4, -0.2) is 37.1 Å². The monoisotopic (exact) mass is 262 g/mol. The Labute approximate surface area is 114 Å². The molecule has 1 aromatic heterocycles. The number of rotatable bonds is 4. The maximum absolute atomic E-state index is 12.0. The van der Waals surface area contributed by atoms with E-state index in [1.807, 2.05) is 6.07 Å². The van der Waals surface area contributed by atoms with E-state index in [4.69, 9.17) is 5.73 Å². The minimum atomic E-state index is 0.0432. The highest BCUT2D eigenvalue weighted by molar-refractivity contribution is 5.79. The minimum absolute atomic E-state index is 0.0432. The molecule has 1 amide bonds. The molecule has 1 aliphatic rings. The predicted octanol–water partition coefficient (Wildman–Crippen LogP) is 0.681. The number of hydrogen-bond acceptors (Lipinski definition) is 4. The molecule has 1 saturated heterocycles.